The zero-order valence-electron chi connectivity index (χ0n) is 9.34. The van der Waals surface area contributed by atoms with E-state index in [0.29, 0.717) is 25.7 Å². The Bertz CT molecular complexity index is 208. The van der Waals surface area contributed by atoms with E-state index in [4.69, 9.17) is 6.42 Å². The number of hydrogen-bond donors (Lipinski definition) is 1. The van der Waals surface area contributed by atoms with Crippen LogP contribution in [0.4, 0.5) is 0 Å². The molecule has 0 bridgehead atoms. The predicted octanol–water partition coefficient (Wildman–Crippen LogP) is 0.856. The molecule has 80 valence electrons. The lowest BCUT2D eigenvalue weighted by Gasteiger charge is -2.19. The summed E-state index contributed by atoms with van der Waals surface area (Å²) in [5.41, 5.74) is 0. The maximum Gasteiger partial charge on any atom is 0.237 e. The lowest BCUT2D eigenvalue weighted by Crippen LogP contribution is -2.40. The summed E-state index contributed by atoms with van der Waals surface area (Å²) >= 11 is 0. The summed E-state index contributed by atoms with van der Waals surface area (Å²) in [7, 11) is 0. The fourth-order valence-corrected chi connectivity index (χ4v) is 1.00. The zero-order valence-corrected chi connectivity index (χ0v) is 9.34. The predicted molar refractivity (Wildman–Crippen MR) is 58.8 cm³/mol. The van der Waals surface area contributed by atoms with Crippen LogP contribution in [-0.2, 0) is 4.79 Å². The van der Waals surface area contributed by atoms with Crippen molar-refractivity contribution in [1.82, 2.24) is 10.2 Å². The first-order valence-corrected chi connectivity index (χ1v) is 5.10. The van der Waals surface area contributed by atoms with Crippen molar-refractivity contribution in [2.45, 2.75) is 33.2 Å². The van der Waals surface area contributed by atoms with Crippen molar-refractivity contribution >= 4 is 5.91 Å². The molecular formula is C11H20N2O. The first-order valence-electron chi connectivity index (χ1n) is 5.10. The van der Waals surface area contributed by atoms with Crippen LogP contribution in [0.2, 0.25) is 0 Å². The second kappa shape index (κ2) is 7.40. The van der Waals surface area contributed by atoms with E-state index < -0.39 is 0 Å². The molecule has 0 radical (unpaired) electrons. The van der Waals surface area contributed by atoms with E-state index in [9.17, 15) is 4.79 Å². The minimum absolute atomic E-state index is 0.0748. The van der Waals surface area contributed by atoms with Gasteiger partial charge >= 0.3 is 0 Å². The van der Waals surface area contributed by atoms with Crippen molar-refractivity contribution in [3.63, 3.8) is 0 Å². The highest BCUT2D eigenvalue weighted by Gasteiger charge is 2.10. The van der Waals surface area contributed by atoms with E-state index in [1.165, 1.54) is 0 Å². The second-order valence-electron chi connectivity index (χ2n) is 3.30. The number of likely N-dealkylation sites (N-methyl/N-ethyl adjacent to an activating group) is 1. The summed E-state index contributed by atoms with van der Waals surface area (Å²) in [4.78, 5) is 13.2. The van der Waals surface area contributed by atoms with Gasteiger partial charge in [0.25, 0.3) is 0 Å². The Morgan fingerprint density at radius 3 is 2.64 bits per heavy atom. The van der Waals surface area contributed by atoms with Gasteiger partial charge in [0.1, 0.15) is 0 Å². The Labute approximate surface area is 86.9 Å². The highest BCUT2D eigenvalue weighted by Crippen LogP contribution is 1.90. The van der Waals surface area contributed by atoms with Gasteiger partial charge in [0.2, 0.25) is 5.91 Å². The Morgan fingerprint density at radius 1 is 1.57 bits per heavy atom. The molecule has 3 heteroatoms. The van der Waals surface area contributed by atoms with Gasteiger partial charge in [0.05, 0.1) is 13.1 Å². The van der Waals surface area contributed by atoms with Gasteiger partial charge in [-0.2, -0.15) is 0 Å². The number of amides is 1. The van der Waals surface area contributed by atoms with Crippen LogP contribution in [0.1, 0.15) is 27.2 Å². The van der Waals surface area contributed by atoms with Crippen molar-refractivity contribution in [2.24, 2.45) is 0 Å². The van der Waals surface area contributed by atoms with Crippen LogP contribution in [0.15, 0.2) is 0 Å². The van der Waals surface area contributed by atoms with E-state index in [1.807, 2.05) is 6.92 Å². The van der Waals surface area contributed by atoms with Gasteiger partial charge in [-0.1, -0.05) is 12.8 Å². The van der Waals surface area contributed by atoms with Crippen molar-refractivity contribution in [3.8, 4) is 12.3 Å². The molecule has 1 N–H and O–H groups in total. The Balaban J connectivity index is 3.87. The monoisotopic (exact) mass is 196 g/mol. The molecule has 0 spiro atoms. The van der Waals surface area contributed by atoms with Crippen molar-refractivity contribution in [1.29, 1.82) is 0 Å². The molecule has 0 aromatic carbocycles. The van der Waals surface area contributed by atoms with Crippen LogP contribution in [-0.4, -0.2) is 36.5 Å². The molecule has 0 aliphatic carbocycles. The maximum atomic E-state index is 11.6. The van der Waals surface area contributed by atoms with Crippen molar-refractivity contribution in [3.05, 3.63) is 0 Å². The molecule has 0 aliphatic heterocycles. The Kier molecular flexibility index (Phi) is 6.87. The molecule has 1 unspecified atom stereocenters. The number of hydrogen-bond acceptors (Lipinski definition) is 2. The van der Waals surface area contributed by atoms with E-state index in [0.717, 1.165) is 6.42 Å². The summed E-state index contributed by atoms with van der Waals surface area (Å²) in [5, 5.41) is 3.15. The van der Waals surface area contributed by atoms with Crippen LogP contribution in [0.5, 0.6) is 0 Å². The van der Waals surface area contributed by atoms with Gasteiger partial charge in [-0.05, 0) is 20.3 Å². The molecule has 0 rings (SSSR count). The van der Waals surface area contributed by atoms with Crippen molar-refractivity contribution in [2.75, 3.05) is 19.6 Å². The lowest BCUT2D eigenvalue weighted by molar-refractivity contribution is -0.129. The van der Waals surface area contributed by atoms with Gasteiger partial charge in [0, 0.05) is 12.6 Å². The van der Waals surface area contributed by atoms with Crippen LogP contribution in [0.3, 0.4) is 0 Å². The second-order valence-corrected chi connectivity index (χ2v) is 3.30. The SMILES string of the molecule is C#CCN(CC)C(=O)CNC(C)CC. The number of nitrogens with zero attached hydrogens (tertiary/aromatic N) is 1. The zero-order chi connectivity index (χ0) is 11.0. The fourth-order valence-electron chi connectivity index (χ4n) is 1.00. The molecule has 1 amide bonds. The summed E-state index contributed by atoms with van der Waals surface area (Å²) in [5.74, 6) is 2.55. The highest BCUT2D eigenvalue weighted by molar-refractivity contribution is 5.78. The largest absolute Gasteiger partial charge is 0.331 e. The molecule has 0 fully saturated rings. The minimum Gasteiger partial charge on any atom is -0.331 e. The third kappa shape index (κ3) is 4.88. The number of carbonyl (C=O) groups is 1. The normalized spacial score (nSPS) is 11.9. The van der Waals surface area contributed by atoms with Crippen LogP contribution in [0.25, 0.3) is 0 Å². The molecule has 14 heavy (non-hydrogen) atoms. The number of carbonyl (C=O) groups excluding carboxylic acids is 1. The molecule has 0 aromatic rings. The fraction of sp³-hybridized carbons (Fsp3) is 0.727. The van der Waals surface area contributed by atoms with E-state index >= 15 is 0 Å². The summed E-state index contributed by atoms with van der Waals surface area (Å²) < 4.78 is 0. The van der Waals surface area contributed by atoms with E-state index in [-0.39, 0.29) is 5.91 Å². The third-order valence-electron chi connectivity index (χ3n) is 2.23. The molecule has 0 aromatic heterocycles. The molecule has 0 saturated carbocycles. The smallest absolute Gasteiger partial charge is 0.237 e. The molecule has 0 aliphatic rings. The molecule has 3 nitrogen and oxygen atoms in total. The quantitative estimate of drug-likeness (QED) is 0.639. The van der Waals surface area contributed by atoms with Gasteiger partial charge in [-0.3, -0.25) is 4.79 Å². The van der Waals surface area contributed by atoms with Gasteiger partial charge in [-0.15, -0.1) is 6.42 Å². The van der Waals surface area contributed by atoms with Crippen molar-refractivity contribution < 1.29 is 4.79 Å². The lowest BCUT2D eigenvalue weighted by atomic mass is 10.2. The highest BCUT2D eigenvalue weighted by atomic mass is 16.2. The van der Waals surface area contributed by atoms with Crippen LogP contribution < -0.4 is 5.32 Å². The maximum absolute atomic E-state index is 11.6. The van der Waals surface area contributed by atoms with Crippen LogP contribution in [0, 0.1) is 12.3 Å². The third-order valence-corrected chi connectivity index (χ3v) is 2.23. The number of rotatable bonds is 6. The Hall–Kier alpha value is -1.01. The van der Waals surface area contributed by atoms with Gasteiger partial charge < -0.3 is 10.2 Å². The standard InChI is InChI=1S/C11H20N2O/c1-5-8-13(7-3)11(14)9-12-10(4)6-2/h1,10,12H,6-9H2,2-4H3. The average molecular weight is 196 g/mol. The molecule has 1 atom stereocenters. The van der Waals surface area contributed by atoms with E-state index in [2.05, 4.69) is 25.1 Å². The number of terminal acetylenes is 1. The topological polar surface area (TPSA) is 32.3 Å². The summed E-state index contributed by atoms with van der Waals surface area (Å²) in [6, 6.07) is 0.378. The van der Waals surface area contributed by atoms with Crippen LogP contribution >= 0.6 is 0 Å². The Morgan fingerprint density at radius 2 is 2.21 bits per heavy atom. The first kappa shape index (κ1) is 13.0. The first-order chi connectivity index (χ1) is 6.65. The summed E-state index contributed by atoms with van der Waals surface area (Å²) in [6.07, 6.45) is 6.18. The summed E-state index contributed by atoms with van der Waals surface area (Å²) in [6.45, 7) is 7.53. The number of nitrogens with one attached hydrogen (secondary N) is 1. The van der Waals surface area contributed by atoms with Gasteiger partial charge in [-0.25, -0.2) is 0 Å². The van der Waals surface area contributed by atoms with E-state index in [1.54, 1.807) is 4.90 Å². The average Bonchev–Trinajstić information content (AvgIpc) is 2.21. The molecular weight excluding hydrogens is 176 g/mol. The minimum atomic E-state index is 0.0748. The molecule has 0 heterocycles. The van der Waals surface area contributed by atoms with Gasteiger partial charge in [0.15, 0.2) is 0 Å². The molecule has 0 saturated heterocycles.